The summed E-state index contributed by atoms with van der Waals surface area (Å²) in [5, 5.41) is 3.68. The van der Waals surface area contributed by atoms with E-state index in [9.17, 15) is 9.59 Å². The third-order valence-corrected chi connectivity index (χ3v) is 6.44. The van der Waals surface area contributed by atoms with Crippen molar-refractivity contribution in [1.29, 1.82) is 0 Å². The van der Waals surface area contributed by atoms with E-state index in [-0.39, 0.29) is 29.5 Å². The van der Waals surface area contributed by atoms with E-state index in [2.05, 4.69) is 15.3 Å². The Bertz CT molecular complexity index is 1440. The zero-order valence-corrected chi connectivity index (χ0v) is 18.5. The van der Waals surface area contributed by atoms with Crippen molar-refractivity contribution >= 4 is 28.7 Å². The van der Waals surface area contributed by atoms with Gasteiger partial charge in [-0.15, -0.1) is 0 Å². The Balaban J connectivity index is 1.41. The first-order chi connectivity index (χ1) is 16.6. The summed E-state index contributed by atoms with van der Waals surface area (Å²) in [6.45, 7) is 1.06. The maximum Gasteiger partial charge on any atom is 0.273 e. The van der Waals surface area contributed by atoms with Gasteiger partial charge in [0.25, 0.3) is 11.8 Å². The number of aromatic nitrogens is 2. The molecule has 168 valence electrons. The van der Waals surface area contributed by atoms with Gasteiger partial charge < -0.3 is 16.0 Å². The van der Waals surface area contributed by atoms with Gasteiger partial charge in [-0.1, -0.05) is 48.5 Å². The number of amides is 2. The minimum absolute atomic E-state index is 0.0597. The highest BCUT2D eigenvalue weighted by Gasteiger charge is 2.28. The van der Waals surface area contributed by atoms with Crippen LogP contribution in [0.2, 0.25) is 0 Å². The fourth-order valence-electron chi connectivity index (χ4n) is 4.53. The topological polar surface area (TPSA) is 101 Å². The highest BCUT2D eigenvalue weighted by Crippen LogP contribution is 2.31. The van der Waals surface area contributed by atoms with Crippen LogP contribution in [-0.2, 0) is 13.1 Å². The van der Waals surface area contributed by atoms with Crippen molar-refractivity contribution in [2.24, 2.45) is 0 Å². The minimum atomic E-state index is -0.188. The molecule has 0 radical (unpaired) electrons. The number of anilines is 1. The quantitative estimate of drug-likeness (QED) is 0.492. The van der Waals surface area contributed by atoms with Gasteiger partial charge in [-0.3, -0.25) is 9.59 Å². The zero-order valence-electron chi connectivity index (χ0n) is 18.5. The molecule has 2 amide bonds. The number of nitrogen functional groups attached to an aromatic ring is 1. The van der Waals surface area contributed by atoms with Crippen molar-refractivity contribution in [3.05, 3.63) is 89.1 Å². The number of rotatable bonds is 4. The van der Waals surface area contributed by atoms with Crippen molar-refractivity contribution in [2.45, 2.75) is 32.0 Å². The molecule has 2 heterocycles. The van der Waals surface area contributed by atoms with Crippen LogP contribution in [0, 0.1) is 0 Å². The first kappa shape index (κ1) is 20.4. The molecule has 7 nitrogen and oxygen atoms in total. The molecule has 1 aliphatic heterocycles. The highest BCUT2D eigenvalue weighted by molar-refractivity contribution is 6.07. The fraction of sp³-hybridized carbons (Fsp3) is 0.185. The van der Waals surface area contributed by atoms with Crippen molar-refractivity contribution in [3.8, 4) is 11.1 Å². The molecule has 0 unspecified atom stereocenters. The molecular weight excluding hydrogens is 426 g/mol. The van der Waals surface area contributed by atoms with Crippen LogP contribution in [0.25, 0.3) is 22.0 Å². The fourth-order valence-corrected chi connectivity index (χ4v) is 4.53. The van der Waals surface area contributed by atoms with Gasteiger partial charge in [0.2, 0.25) is 5.95 Å². The van der Waals surface area contributed by atoms with E-state index in [1.807, 2.05) is 66.7 Å². The summed E-state index contributed by atoms with van der Waals surface area (Å²) < 4.78 is 0. The smallest absolute Gasteiger partial charge is 0.273 e. The number of nitrogens with one attached hydrogen (secondary N) is 1. The van der Waals surface area contributed by atoms with Crippen molar-refractivity contribution in [3.63, 3.8) is 0 Å². The Labute approximate surface area is 196 Å². The van der Waals surface area contributed by atoms with Crippen LogP contribution >= 0.6 is 0 Å². The number of nitrogens with two attached hydrogens (primary N) is 1. The van der Waals surface area contributed by atoms with Gasteiger partial charge in [-0.05, 0) is 53.3 Å². The number of benzene rings is 3. The normalized spacial score (nSPS) is 14.8. The molecule has 2 aliphatic rings. The first-order valence-electron chi connectivity index (χ1n) is 11.4. The average molecular weight is 450 g/mol. The molecule has 1 aromatic heterocycles. The second-order valence-corrected chi connectivity index (χ2v) is 8.89. The van der Waals surface area contributed by atoms with E-state index < -0.39 is 0 Å². The predicted octanol–water partition coefficient (Wildman–Crippen LogP) is 3.93. The second-order valence-electron chi connectivity index (χ2n) is 8.89. The Kier molecular flexibility index (Phi) is 4.76. The standard InChI is InChI=1S/C27H23N5O2/c28-27-30-23-12-9-16(20-7-3-4-8-21(20)25(33)29-19-10-11-19)13-22(23)24(31-27)26(34)32-14-17-5-1-2-6-18(17)15-32/h1-9,12-13,19H,10-11,14-15H2,(H,29,33)(H2,28,30,31). The minimum Gasteiger partial charge on any atom is -0.368 e. The van der Waals surface area contributed by atoms with Gasteiger partial charge in [0.05, 0.1) is 5.52 Å². The average Bonchev–Trinajstić information content (AvgIpc) is 3.56. The number of hydrogen-bond acceptors (Lipinski definition) is 5. The van der Waals surface area contributed by atoms with Crippen LogP contribution in [0.4, 0.5) is 5.95 Å². The maximum atomic E-state index is 13.5. The molecule has 3 N–H and O–H groups in total. The summed E-state index contributed by atoms with van der Waals surface area (Å²) in [7, 11) is 0. The molecule has 6 rings (SSSR count). The molecule has 1 fully saturated rings. The van der Waals surface area contributed by atoms with E-state index in [4.69, 9.17) is 5.73 Å². The van der Waals surface area contributed by atoms with Gasteiger partial charge >= 0.3 is 0 Å². The lowest BCUT2D eigenvalue weighted by molar-refractivity contribution is 0.0747. The lowest BCUT2D eigenvalue weighted by Gasteiger charge is -2.17. The SMILES string of the molecule is Nc1nc(C(=O)N2Cc3ccccc3C2)c2cc(-c3ccccc3C(=O)NC3CC3)ccc2n1. The Morgan fingerprint density at radius 1 is 0.912 bits per heavy atom. The summed E-state index contributed by atoms with van der Waals surface area (Å²) in [6, 6.07) is 21.4. The van der Waals surface area contributed by atoms with E-state index in [0.717, 1.165) is 35.1 Å². The molecule has 34 heavy (non-hydrogen) atoms. The van der Waals surface area contributed by atoms with Crippen LogP contribution in [0.15, 0.2) is 66.7 Å². The molecule has 0 spiro atoms. The summed E-state index contributed by atoms with van der Waals surface area (Å²) in [4.78, 5) is 36.8. The summed E-state index contributed by atoms with van der Waals surface area (Å²) in [5.74, 6) is -0.213. The monoisotopic (exact) mass is 449 g/mol. The lowest BCUT2D eigenvalue weighted by atomic mass is 9.97. The molecule has 4 aromatic rings. The largest absolute Gasteiger partial charge is 0.368 e. The Morgan fingerprint density at radius 3 is 2.35 bits per heavy atom. The van der Waals surface area contributed by atoms with Crippen LogP contribution in [-0.4, -0.2) is 32.7 Å². The number of carbonyl (C=O) groups is 2. The number of hydrogen-bond donors (Lipinski definition) is 2. The van der Waals surface area contributed by atoms with Crippen LogP contribution < -0.4 is 11.1 Å². The Hall–Kier alpha value is -4.26. The molecule has 0 bridgehead atoms. The van der Waals surface area contributed by atoms with E-state index in [1.165, 1.54) is 0 Å². The van der Waals surface area contributed by atoms with Crippen molar-refractivity contribution in [2.75, 3.05) is 5.73 Å². The molecule has 0 saturated heterocycles. The summed E-state index contributed by atoms with van der Waals surface area (Å²) >= 11 is 0. The third kappa shape index (κ3) is 3.65. The molecule has 3 aromatic carbocycles. The first-order valence-corrected chi connectivity index (χ1v) is 11.4. The molecule has 1 aliphatic carbocycles. The number of nitrogens with zero attached hydrogens (tertiary/aromatic N) is 3. The van der Waals surface area contributed by atoms with Crippen LogP contribution in [0.5, 0.6) is 0 Å². The van der Waals surface area contributed by atoms with E-state index in [0.29, 0.717) is 29.6 Å². The lowest BCUT2D eigenvalue weighted by Crippen LogP contribution is -2.27. The van der Waals surface area contributed by atoms with Crippen LogP contribution in [0.1, 0.15) is 44.8 Å². The van der Waals surface area contributed by atoms with E-state index in [1.54, 1.807) is 4.90 Å². The molecule has 1 saturated carbocycles. The summed E-state index contributed by atoms with van der Waals surface area (Å²) in [5.41, 5.74) is 11.3. The van der Waals surface area contributed by atoms with Gasteiger partial charge in [-0.25, -0.2) is 9.97 Å². The third-order valence-electron chi connectivity index (χ3n) is 6.44. The highest BCUT2D eigenvalue weighted by atomic mass is 16.2. The van der Waals surface area contributed by atoms with Crippen molar-refractivity contribution in [1.82, 2.24) is 20.2 Å². The van der Waals surface area contributed by atoms with Gasteiger partial charge in [0.15, 0.2) is 0 Å². The summed E-state index contributed by atoms with van der Waals surface area (Å²) in [6.07, 6.45) is 2.04. The van der Waals surface area contributed by atoms with Gasteiger partial charge in [0, 0.05) is 30.1 Å². The van der Waals surface area contributed by atoms with Crippen molar-refractivity contribution < 1.29 is 9.59 Å². The van der Waals surface area contributed by atoms with Crippen LogP contribution in [0.3, 0.4) is 0 Å². The number of fused-ring (bicyclic) bond motifs is 2. The predicted molar refractivity (Wildman–Crippen MR) is 130 cm³/mol. The molecular formula is C27H23N5O2. The van der Waals surface area contributed by atoms with Gasteiger partial charge in [-0.2, -0.15) is 0 Å². The maximum absolute atomic E-state index is 13.5. The Morgan fingerprint density at radius 2 is 1.62 bits per heavy atom. The number of carbonyl (C=O) groups excluding carboxylic acids is 2. The van der Waals surface area contributed by atoms with Gasteiger partial charge in [0.1, 0.15) is 5.69 Å². The molecule has 0 atom stereocenters. The zero-order chi connectivity index (χ0) is 23.2. The molecule has 7 heteroatoms. The second kappa shape index (κ2) is 7.95. The van der Waals surface area contributed by atoms with E-state index >= 15 is 0 Å².